The molecular weight excluding hydrogens is 299 g/mol. The van der Waals surface area contributed by atoms with E-state index in [1.807, 2.05) is 12.1 Å². The van der Waals surface area contributed by atoms with Gasteiger partial charge in [-0.2, -0.15) is 0 Å². The maximum atomic E-state index is 13.3. The maximum absolute atomic E-state index is 13.3. The Morgan fingerprint density at radius 1 is 1.04 bits per heavy atom. The van der Waals surface area contributed by atoms with Crippen molar-refractivity contribution in [1.82, 2.24) is 9.80 Å². The average Bonchev–Trinajstić information content (AvgIpc) is 2.97. The summed E-state index contributed by atoms with van der Waals surface area (Å²) < 4.78 is 13.3. The van der Waals surface area contributed by atoms with Crippen LogP contribution in [0.1, 0.15) is 29.9 Å². The van der Waals surface area contributed by atoms with Gasteiger partial charge in [-0.15, -0.1) is 0 Å². The Bertz CT molecular complexity index is 670. The number of hydrogen-bond donors (Lipinski definition) is 0. The van der Waals surface area contributed by atoms with E-state index in [0.717, 1.165) is 19.6 Å². The molecule has 0 N–H and O–H groups in total. The van der Waals surface area contributed by atoms with Crippen LogP contribution >= 0.6 is 0 Å². The molecule has 2 heterocycles. The van der Waals surface area contributed by atoms with Crippen LogP contribution in [0.5, 0.6) is 0 Å². The van der Waals surface area contributed by atoms with Crippen LogP contribution < -0.4 is 0 Å². The van der Waals surface area contributed by atoms with E-state index >= 15 is 0 Å². The third-order valence-electron chi connectivity index (χ3n) is 5.75. The highest BCUT2D eigenvalue weighted by Gasteiger charge is 2.45. The van der Waals surface area contributed by atoms with Crippen molar-refractivity contribution in [2.75, 3.05) is 20.1 Å². The standard InChI is InChI=1S/C21H25FN2/c1-23-13-5-8-20-21(23)19(17-9-11-18(22)12-10-17)15-24(20)14-16-6-3-2-4-7-16/h2-4,6-7,9-12,19-21H,5,8,13-15H2,1H3/t19-,20-,21-/m1/s1. The third-order valence-corrected chi connectivity index (χ3v) is 5.75. The molecule has 2 aromatic rings. The topological polar surface area (TPSA) is 6.48 Å². The first kappa shape index (κ1) is 15.8. The molecule has 126 valence electrons. The van der Waals surface area contributed by atoms with E-state index in [1.54, 1.807) is 12.1 Å². The van der Waals surface area contributed by atoms with Gasteiger partial charge in [-0.05, 0) is 49.7 Å². The number of fused-ring (bicyclic) bond motifs is 1. The maximum Gasteiger partial charge on any atom is 0.123 e. The summed E-state index contributed by atoms with van der Waals surface area (Å²) in [5, 5.41) is 0. The zero-order valence-corrected chi connectivity index (χ0v) is 14.2. The highest BCUT2D eigenvalue weighted by Crippen LogP contribution is 2.40. The predicted molar refractivity (Wildman–Crippen MR) is 95.4 cm³/mol. The molecule has 2 aliphatic rings. The summed E-state index contributed by atoms with van der Waals surface area (Å²) >= 11 is 0. The monoisotopic (exact) mass is 324 g/mol. The first-order valence-corrected chi connectivity index (χ1v) is 8.96. The van der Waals surface area contributed by atoms with Gasteiger partial charge in [-0.1, -0.05) is 42.5 Å². The lowest BCUT2D eigenvalue weighted by atomic mass is 9.86. The van der Waals surface area contributed by atoms with E-state index in [2.05, 4.69) is 47.2 Å². The van der Waals surface area contributed by atoms with Crippen LogP contribution in [0.25, 0.3) is 0 Å². The van der Waals surface area contributed by atoms with E-state index in [4.69, 9.17) is 0 Å². The minimum Gasteiger partial charge on any atom is -0.301 e. The summed E-state index contributed by atoms with van der Waals surface area (Å²) in [6.45, 7) is 3.23. The van der Waals surface area contributed by atoms with Crippen LogP contribution in [-0.4, -0.2) is 42.0 Å². The number of nitrogens with zero attached hydrogens (tertiary/aromatic N) is 2. The van der Waals surface area contributed by atoms with Crippen molar-refractivity contribution in [2.24, 2.45) is 0 Å². The minimum atomic E-state index is -0.147. The molecule has 0 saturated carbocycles. The highest BCUT2D eigenvalue weighted by molar-refractivity contribution is 5.27. The number of halogens is 1. The molecular formula is C21H25FN2. The fourth-order valence-electron chi connectivity index (χ4n) is 4.65. The van der Waals surface area contributed by atoms with Gasteiger partial charge in [-0.3, -0.25) is 4.90 Å². The molecule has 0 spiro atoms. The Morgan fingerprint density at radius 3 is 2.54 bits per heavy atom. The molecule has 2 saturated heterocycles. The van der Waals surface area contributed by atoms with Crippen molar-refractivity contribution in [3.05, 3.63) is 71.5 Å². The summed E-state index contributed by atoms with van der Waals surface area (Å²) in [6, 6.07) is 19.0. The van der Waals surface area contributed by atoms with Crippen molar-refractivity contribution in [2.45, 2.75) is 37.4 Å². The molecule has 0 radical (unpaired) electrons. The second-order valence-electron chi connectivity index (χ2n) is 7.25. The van der Waals surface area contributed by atoms with Gasteiger partial charge in [0.15, 0.2) is 0 Å². The molecule has 3 atom stereocenters. The molecule has 2 fully saturated rings. The second kappa shape index (κ2) is 6.66. The number of piperidine rings is 1. The fraction of sp³-hybridized carbons (Fsp3) is 0.429. The molecule has 2 nitrogen and oxygen atoms in total. The lowest BCUT2D eigenvalue weighted by Crippen LogP contribution is -2.48. The van der Waals surface area contributed by atoms with Gasteiger partial charge in [0.2, 0.25) is 0 Å². The molecule has 24 heavy (non-hydrogen) atoms. The zero-order chi connectivity index (χ0) is 16.5. The van der Waals surface area contributed by atoms with Crippen LogP contribution in [0.2, 0.25) is 0 Å². The summed E-state index contributed by atoms with van der Waals surface area (Å²) in [6.07, 6.45) is 2.53. The molecule has 2 aromatic carbocycles. The quantitative estimate of drug-likeness (QED) is 0.845. The van der Waals surface area contributed by atoms with Crippen LogP contribution in [0.4, 0.5) is 4.39 Å². The number of benzene rings is 2. The smallest absolute Gasteiger partial charge is 0.123 e. The van der Waals surface area contributed by atoms with Gasteiger partial charge in [0.25, 0.3) is 0 Å². The Kier molecular flexibility index (Phi) is 4.38. The van der Waals surface area contributed by atoms with Gasteiger partial charge in [0, 0.05) is 31.1 Å². The van der Waals surface area contributed by atoms with Crippen molar-refractivity contribution >= 4 is 0 Å². The van der Waals surface area contributed by atoms with Crippen LogP contribution in [0.3, 0.4) is 0 Å². The fourth-order valence-corrected chi connectivity index (χ4v) is 4.65. The van der Waals surface area contributed by atoms with Gasteiger partial charge < -0.3 is 4.90 Å². The Balaban J connectivity index is 1.61. The van der Waals surface area contributed by atoms with E-state index in [9.17, 15) is 4.39 Å². The molecule has 0 aromatic heterocycles. The predicted octanol–water partition coefficient (Wildman–Crippen LogP) is 3.89. The molecule has 0 bridgehead atoms. The lowest BCUT2D eigenvalue weighted by Gasteiger charge is -2.39. The molecule has 2 aliphatic heterocycles. The molecule has 0 amide bonds. The molecule has 0 aliphatic carbocycles. The van der Waals surface area contributed by atoms with Crippen molar-refractivity contribution < 1.29 is 4.39 Å². The average molecular weight is 324 g/mol. The summed E-state index contributed by atoms with van der Waals surface area (Å²) in [5.74, 6) is 0.316. The number of likely N-dealkylation sites (N-methyl/N-ethyl adjacent to an activating group) is 1. The molecule has 4 rings (SSSR count). The first-order valence-electron chi connectivity index (χ1n) is 8.96. The van der Waals surface area contributed by atoms with Gasteiger partial charge >= 0.3 is 0 Å². The van der Waals surface area contributed by atoms with Crippen molar-refractivity contribution in [3.8, 4) is 0 Å². The van der Waals surface area contributed by atoms with E-state index in [0.29, 0.717) is 18.0 Å². The van der Waals surface area contributed by atoms with Crippen LogP contribution in [0, 0.1) is 5.82 Å². The molecule has 0 unspecified atom stereocenters. The summed E-state index contributed by atoms with van der Waals surface area (Å²) in [5.41, 5.74) is 2.65. The van der Waals surface area contributed by atoms with Gasteiger partial charge in [0.1, 0.15) is 5.82 Å². The normalized spacial score (nSPS) is 28.0. The second-order valence-corrected chi connectivity index (χ2v) is 7.25. The highest BCUT2D eigenvalue weighted by atomic mass is 19.1. The Hall–Kier alpha value is -1.71. The molecule has 3 heteroatoms. The number of hydrogen-bond acceptors (Lipinski definition) is 2. The Labute approximate surface area is 143 Å². The number of likely N-dealkylation sites (tertiary alicyclic amines) is 2. The summed E-state index contributed by atoms with van der Waals surface area (Å²) in [7, 11) is 2.25. The zero-order valence-electron chi connectivity index (χ0n) is 14.2. The largest absolute Gasteiger partial charge is 0.301 e. The first-order chi connectivity index (χ1) is 11.7. The third kappa shape index (κ3) is 2.99. The summed E-state index contributed by atoms with van der Waals surface area (Å²) in [4.78, 5) is 5.16. The Morgan fingerprint density at radius 2 is 1.79 bits per heavy atom. The SMILES string of the molecule is CN1CCC[C@@H]2[C@H]1[C@@H](c1ccc(F)cc1)CN2Cc1ccccc1. The van der Waals surface area contributed by atoms with Crippen molar-refractivity contribution in [1.29, 1.82) is 0 Å². The number of rotatable bonds is 3. The van der Waals surface area contributed by atoms with Gasteiger partial charge in [0.05, 0.1) is 0 Å². The van der Waals surface area contributed by atoms with Crippen LogP contribution in [0.15, 0.2) is 54.6 Å². The van der Waals surface area contributed by atoms with Gasteiger partial charge in [-0.25, -0.2) is 4.39 Å². The minimum absolute atomic E-state index is 0.147. The van der Waals surface area contributed by atoms with Crippen LogP contribution in [-0.2, 0) is 6.54 Å². The van der Waals surface area contributed by atoms with E-state index < -0.39 is 0 Å². The van der Waals surface area contributed by atoms with E-state index in [1.165, 1.54) is 24.0 Å². The van der Waals surface area contributed by atoms with Crippen molar-refractivity contribution in [3.63, 3.8) is 0 Å². The van der Waals surface area contributed by atoms with E-state index in [-0.39, 0.29) is 5.82 Å². The lowest BCUT2D eigenvalue weighted by molar-refractivity contribution is 0.109.